The van der Waals surface area contributed by atoms with E-state index in [1.165, 1.54) is 0 Å². The highest BCUT2D eigenvalue weighted by molar-refractivity contribution is 6.09. The molecule has 0 radical (unpaired) electrons. The van der Waals surface area contributed by atoms with Crippen LogP contribution in [0.25, 0.3) is 11.8 Å². The molecule has 33 heavy (non-hydrogen) atoms. The fraction of sp³-hybridized carbons (Fsp3) is 0.259. The average Bonchev–Trinajstić information content (AvgIpc) is 3.04. The van der Waals surface area contributed by atoms with E-state index in [2.05, 4.69) is 39.0 Å². The van der Waals surface area contributed by atoms with Gasteiger partial charge in [-0.15, -0.1) is 0 Å². The summed E-state index contributed by atoms with van der Waals surface area (Å²) in [6, 6.07) is 19.4. The van der Waals surface area contributed by atoms with Crippen LogP contribution in [0.5, 0.6) is 5.75 Å². The van der Waals surface area contributed by atoms with Crippen molar-refractivity contribution in [1.29, 1.82) is 5.26 Å². The highest BCUT2D eigenvalue weighted by Crippen LogP contribution is 2.25. The van der Waals surface area contributed by atoms with E-state index in [1.807, 2.05) is 60.0 Å². The number of aryl methyl sites for hydroxylation is 1. The van der Waals surface area contributed by atoms with Gasteiger partial charge in [0.05, 0.1) is 6.10 Å². The molecular weight excluding hydrogens is 412 g/mol. The number of ether oxygens (including phenoxy) is 1. The SMILES string of the molecule is Cc1cc(/C=C(/C#N)C(=O)Nc2cccc(OC(C)C)c2)c(C)n1-c1ccc(N(C)C)cc1. The number of hydrogen-bond donors (Lipinski definition) is 1. The Kier molecular flexibility index (Phi) is 7.24. The molecule has 6 nitrogen and oxygen atoms in total. The van der Waals surface area contributed by atoms with Crippen molar-refractivity contribution in [2.75, 3.05) is 24.3 Å². The number of hydrogen-bond acceptors (Lipinski definition) is 4. The minimum absolute atomic E-state index is 0.0276. The lowest BCUT2D eigenvalue weighted by atomic mass is 10.1. The second kappa shape index (κ2) is 10.1. The van der Waals surface area contributed by atoms with Gasteiger partial charge in [0.1, 0.15) is 17.4 Å². The first kappa shape index (κ1) is 23.7. The van der Waals surface area contributed by atoms with Gasteiger partial charge in [0, 0.05) is 48.6 Å². The van der Waals surface area contributed by atoms with Gasteiger partial charge < -0.3 is 19.5 Å². The Morgan fingerprint density at radius 2 is 1.82 bits per heavy atom. The number of nitrogens with one attached hydrogen (secondary N) is 1. The summed E-state index contributed by atoms with van der Waals surface area (Å²) in [5, 5.41) is 12.5. The van der Waals surface area contributed by atoms with E-state index in [4.69, 9.17) is 4.74 Å². The minimum Gasteiger partial charge on any atom is -0.491 e. The van der Waals surface area contributed by atoms with Crippen LogP contribution < -0.4 is 15.0 Å². The predicted octanol–water partition coefficient (Wildman–Crippen LogP) is 5.49. The van der Waals surface area contributed by atoms with Crippen LogP contribution >= 0.6 is 0 Å². The minimum atomic E-state index is -0.459. The normalized spacial score (nSPS) is 11.3. The third-order valence-electron chi connectivity index (χ3n) is 5.22. The van der Waals surface area contributed by atoms with Crippen LogP contribution in [0, 0.1) is 25.2 Å². The van der Waals surface area contributed by atoms with Gasteiger partial charge in [-0.3, -0.25) is 4.79 Å². The molecule has 0 aliphatic carbocycles. The highest BCUT2D eigenvalue weighted by Gasteiger charge is 2.14. The molecule has 2 aromatic carbocycles. The zero-order valence-corrected chi connectivity index (χ0v) is 20.0. The molecule has 1 heterocycles. The Hall–Kier alpha value is -3.98. The summed E-state index contributed by atoms with van der Waals surface area (Å²) in [6.07, 6.45) is 1.66. The van der Waals surface area contributed by atoms with Crippen LogP contribution in [0.15, 0.2) is 60.2 Å². The van der Waals surface area contributed by atoms with Gasteiger partial charge in [-0.25, -0.2) is 0 Å². The predicted molar refractivity (Wildman–Crippen MR) is 134 cm³/mol. The Balaban J connectivity index is 1.86. The lowest BCUT2D eigenvalue weighted by Crippen LogP contribution is -2.14. The largest absolute Gasteiger partial charge is 0.491 e. The van der Waals surface area contributed by atoms with Gasteiger partial charge in [-0.1, -0.05) is 6.07 Å². The number of benzene rings is 2. The molecule has 0 spiro atoms. The lowest BCUT2D eigenvalue weighted by Gasteiger charge is -2.15. The fourth-order valence-corrected chi connectivity index (χ4v) is 3.65. The Morgan fingerprint density at radius 1 is 1.12 bits per heavy atom. The number of rotatable bonds is 7. The van der Waals surface area contributed by atoms with Crippen molar-refractivity contribution in [3.8, 4) is 17.5 Å². The van der Waals surface area contributed by atoms with E-state index >= 15 is 0 Å². The van der Waals surface area contributed by atoms with Gasteiger partial charge in [0.2, 0.25) is 0 Å². The maximum atomic E-state index is 12.8. The van der Waals surface area contributed by atoms with Crippen LogP contribution in [0.2, 0.25) is 0 Å². The van der Waals surface area contributed by atoms with Gasteiger partial charge in [0.25, 0.3) is 5.91 Å². The highest BCUT2D eigenvalue weighted by atomic mass is 16.5. The Labute approximate surface area is 195 Å². The number of nitrogens with zero attached hydrogens (tertiary/aromatic N) is 3. The van der Waals surface area contributed by atoms with Gasteiger partial charge >= 0.3 is 0 Å². The molecule has 0 saturated heterocycles. The first-order chi connectivity index (χ1) is 15.7. The van der Waals surface area contributed by atoms with Crippen molar-refractivity contribution < 1.29 is 9.53 Å². The van der Waals surface area contributed by atoms with Gasteiger partial charge in [-0.2, -0.15) is 5.26 Å². The molecule has 6 heteroatoms. The monoisotopic (exact) mass is 442 g/mol. The summed E-state index contributed by atoms with van der Waals surface area (Å²) in [4.78, 5) is 14.9. The average molecular weight is 443 g/mol. The van der Waals surface area contributed by atoms with E-state index < -0.39 is 5.91 Å². The molecule has 0 bridgehead atoms. The lowest BCUT2D eigenvalue weighted by molar-refractivity contribution is -0.112. The Bertz CT molecular complexity index is 1210. The van der Waals surface area contributed by atoms with Crippen molar-refractivity contribution in [1.82, 2.24) is 4.57 Å². The van der Waals surface area contributed by atoms with E-state index in [-0.39, 0.29) is 11.7 Å². The number of anilines is 2. The molecule has 3 rings (SSSR count). The quantitative estimate of drug-likeness (QED) is 0.388. The molecule has 1 N–H and O–H groups in total. The molecule has 1 amide bonds. The number of carbonyl (C=O) groups excluding carboxylic acids is 1. The maximum Gasteiger partial charge on any atom is 0.266 e. The summed E-state index contributed by atoms with van der Waals surface area (Å²) >= 11 is 0. The van der Waals surface area contributed by atoms with Crippen LogP contribution in [0.1, 0.15) is 30.8 Å². The molecule has 3 aromatic rings. The van der Waals surface area contributed by atoms with Crippen molar-refractivity contribution in [2.24, 2.45) is 0 Å². The zero-order valence-electron chi connectivity index (χ0n) is 20.0. The topological polar surface area (TPSA) is 70.3 Å². The van der Waals surface area contributed by atoms with E-state index in [0.29, 0.717) is 11.4 Å². The van der Waals surface area contributed by atoms with Crippen LogP contribution in [0.4, 0.5) is 11.4 Å². The number of carbonyl (C=O) groups is 1. The van der Waals surface area contributed by atoms with E-state index in [9.17, 15) is 10.1 Å². The summed E-state index contributed by atoms with van der Waals surface area (Å²) in [7, 11) is 4.01. The summed E-state index contributed by atoms with van der Waals surface area (Å²) in [5.41, 5.74) is 5.56. The van der Waals surface area contributed by atoms with Crippen molar-refractivity contribution in [3.63, 3.8) is 0 Å². The van der Waals surface area contributed by atoms with Crippen LogP contribution in [-0.2, 0) is 4.79 Å². The van der Waals surface area contributed by atoms with Gasteiger partial charge in [0.15, 0.2) is 0 Å². The molecule has 0 aliphatic heterocycles. The molecule has 0 atom stereocenters. The number of amides is 1. The standard InChI is InChI=1S/C27H30N4O2/c1-18(2)33-26-9-7-8-23(16-26)29-27(32)22(17-28)15-21-14-19(3)31(20(21)4)25-12-10-24(11-13-25)30(5)6/h7-16,18H,1-6H3,(H,29,32)/b22-15-. The van der Waals surface area contributed by atoms with E-state index in [0.717, 1.165) is 28.3 Å². The molecule has 1 aromatic heterocycles. The van der Waals surface area contributed by atoms with Crippen LogP contribution in [-0.4, -0.2) is 30.7 Å². The molecule has 170 valence electrons. The first-order valence-electron chi connectivity index (χ1n) is 10.9. The van der Waals surface area contributed by atoms with Crippen molar-refractivity contribution in [3.05, 3.63) is 77.1 Å². The second-order valence-corrected chi connectivity index (χ2v) is 8.39. The molecular formula is C27H30N4O2. The summed E-state index contributed by atoms with van der Waals surface area (Å²) in [6.45, 7) is 7.87. The summed E-state index contributed by atoms with van der Waals surface area (Å²) < 4.78 is 7.79. The third-order valence-corrected chi connectivity index (χ3v) is 5.22. The number of nitriles is 1. The first-order valence-corrected chi connectivity index (χ1v) is 10.9. The zero-order chi connectivity index (χ0) is 24.1. The van der Waals surface area contributed by atoms with E-state index in [1.54, 1.807) is 24.3 Å². The third kappa shape index (κ3) is 5.64. The number of aromatic nitrogens is 1. The second-order valence-electron chi connectivity index (χ2n) is 8.39. The molecule has 0 saturated carbocycles. The molecule has 0 fully saturated rings. The molecule has 0 aliphatic rings. The smallest absolute Gasteiger partial charge is 0.266 e. The van der Waals surface area contributed by atoms with Gasteiger partial charge in [-0.05, 0) is 81.8 Å². The maximum absolute atomic E-state index is 12.8. The van der Waals surface area contributed by atoms with Crippen LogP contribution in [0.3, 0.4) is 0 Å². The Morgan fingerprint density at radius 3 is 2.42 bits per heavy atom. The fourth-order valence-electron chi connectivity index (χ4n) is 3.65. The summed E-state index contributed by atoms with van der Waals surface area (Å²) in [5.74, 6) is 0.202. The molecule has 0 unspecified atom stereocenters. The van der Waals surface area contributed by atoms with Crippen molar-refractivity contribution in [2.45, 2.75) is 33.8 Å². The van der Waals surface area contributed by atoms with Crippen molar-refractivity contribution >= 4 is 23.4 Å².